The van der Waals surface area contributed by atoms with E-state index in [-0.39, 0.29) is 17.0 Å². The average Bonchev–Trinajstić information content (AvgIpc) is 3.19. The van der Waals surface area contributed by atoms with Gasteiger partial charge in [-0.2, -0.15) is 9.41 Å². The van der Waals surface area contributed by atoms with E-state index in [1.165, 1.54) is 46.9 Å². The number of nitrogens with zero attached hydrogens (tertiary/aromatic N) is 2. The molecule has 10 heteroatoms. The molecule has 1 aliphatic rings. The molecule has 2 aromatic rings. The van der Waals surface area contributed by atoms with E-state index in [9.17, 15) is 18.0 Å². The maximum Gasteiger partial charge on any atom is 0.335 e. The smallest absolute Gasteiger partial charge is 0.335 e. The van der Waals surface area contributed by atoms with Gasteiger partial charge in [0.25, 0.3) is 5.91 Å². The molecule has 2 N–H and O–H groups in total. The predicted octanol–water partition coefficient (Wildman–Crippen LogP) is 2.34. The highest BCUT2D eigenvalue weighted by molar-refractivity contribution is 7.89. The molecule has 0 aromatic heterocycles. The van der Waals surface area contributed by atoms with Crippen LogP contribution in [0.1, 0.15) is 28.8 Å². The van der Waals surface area contributed by atoms with Gasteiger partial charge in [0, 0.05) is 11.6 Å². The second kappa shape index (κ2) is 8.73. The molecule has 0 bridgehead atoms. The number of carbonyl (C=O) groups is 2. The molecule has 1 saturated heterocycles. The van der Waals surface area contributed by atoms with Gasteiger partial charge in [0.15, 0.2) is 0 Å². The van der Waals surface area contributed by atoms with E-state index in [1.807, 2.05) is 0 Å². The number of carbonyl (C=O) groups excluding carboxylic acids is 1. The van der Waals surface area contributed by atoms with Crippen molar-refractivity contribution >= 4 is 39.7 Å². The van der Waals surface area contributed by atoms with Crippen molar-refractivity contribution < 1.29 is 23.1 Å². The molecule has 152 valence electrons. The van der Waals surface area contributed by atoms with Crippen LogP contribution in [-0.4, -0.2) is 48.5 Å². The molecular formula is C19H18ClN3O5S. The highest BCUT2D eigenvalue weighted by Gasteiger charge is 2.39. The quantitative estimate of drug-likeness (QED) is 0.533. The van der Waals surface area contributed by atoms with Crippen molar-refractivity contribution in [3.05, 3.63) is 64.7 Å². The molecule has 0 radical (unpaired) electrons. The second-order valence-corrected chi connectivity index (χ2v) is 8.72. The van der Waals surface area contributed by atoms with Crippen LogP contribution >= 0.6 is 11.6 Å². The standard InChI is InChI=1S/C19H18ClN3O5S/c20-15-7-9-16(10-8-15)29(27,28)23-11-1-2-17(23)18(24)22-21-12-13-3-5-14(6-4-13)19(25)26/h3-10,12,17H,1-2,11H2,(H,22,24)(H,25,26). The molecule has 1 unspecified atom stereocenters. The van der Waals surface area contributed by atoms with Crippen LogP contribution in [0.2, 0.25) is 5.02 Å². The van der Waals surface area contributed by atoms with Gasteiger partial charge in [-0.05, 0) is 54.8 Å². The number of rotatable bonds is 6. The van der Waals surface area contributed by atoms with E-state index < -0.39 is 27.9 Å². The first-order chi connectivity index (χ1) is 13.8. The van der Waals surface area contributed by atoms with Crippen LogP contribution in [0.3, 0.4) is 0 Å². The van der Waals surface area contributed by atoms with Crippen LogP contribution in [0.15, 0.2) is 58.5 Å². The van der Waals surface area contributed by atoms with E-state index >= 15 is 0 Å². The molecule has 1 heterocycles. The lowest BCUT2D eigenvalue weighted by Gasteiger charge is -2.22. The van der Waals surface area contributed by atoms with Crippen molar-refractivity contribution in [1.29, 1.82) is 0 Å². The molecule has 1 fully saturated rings. The zero-order valence-electron chi connectivity index (χ0n) is 15.2. The van der Waals surface area contributed by atoms with Crippen LogP contribution in [0.5, 0.6) is 0 Å². The van der Waals surface area contributed by atoms with Crippen molar-refractivity contribution in [3.8, 4) is 0 Å². The minimum Gasteiger partial charge on any atom is -0.478 e. The first-order valence-corrected chi connectivity index (χ1v) is 10.5. The van der Waals surface area contributed by atoms with Gasteiger partial charge < -0.3 is 5.11 Å². The Morgan fingerprint density at radius 2 is 1.79 bits per heavy atom. The van der Waals surface area contributed by atoms with Gasteiger partial charge >= 0.3 is 5.97 Å². The van der Waals surface area contributed by atoms with Crippen molar-refractivity contribution in [2.24, 2.45) is 5.10 Å². The highest BCUT2D eigenvalue weighted by atomic mass is 35.5. The first kappa shape index (κ1) is 21.0. The van der Waals surface area contributed by atoms with Gasteiger partial charge in [0.05, 0.1) is 16.7 Å². The molecule has 1 atom stereocenters. The number of amides is 1. The summed E-state index contributed by atoms with van der Waals surface area (Å²) in [4.78, 5) is 23.4. The molecule has 0 saturated carbocycles. The van der Waals surface area contributed by atoms with E-state index in [0.717, 1.165) is 0 Å². The molecule has 2 aromatic carbocycles. The topological polar surface area (TPSA) is 116 Å². The first-order valence-electron chi connectivity index (χ1n) is 8.73. The summed E-state index contributed by atoms with van der Waals surface area (Å²) in [6, 6.07) is 10.9. The number of carboxylic acids is 1. The van der Waals surface area contributed by atoms with E-state index in [0.29, 0.717) is 23.4 Å². The Hall–Kier alpha value is -2.75. The molecule has 3 rings (SSSR count). The number of hydrogen-bond donors (Lipinski definition) is 2. The number of hydrogen-bond acceptors (Lipinski definition) is 5. The molecular weight excluding hydrogens is 418 g/mol. The molecule has 29 heavy (non-hydrogen) atoms. The average molecular weight is 436 g/mol. The predicted molar refractivity (Wildman–Crippen MR) is 108 cm³/mol. The lowest BCUT2D eigenvalue weighted by atomic mass is 10.1. The summed E-state index contributed by atoms with van der Waals surface area (Å²) >= 11 is 5.81. The molecule has 1 amide bonds. The van der Waals surface area contributed by atoms with Crippen molar-refractivity contribution in [2.45, 2.75) is 23.8 Å². The number of hydrazone groups is 1. The van der Waals surface area contributed by atoms with Gasteiger partial charge in [-0.3, -0.25) is 4.79 Å². The zero-order chi connectivity index (χ0) is 21.0. The molecule has 0 aliphatic carbocycles. The number of carboxylic acid groups (broad SMARTS) is 1. The van der Waals surface area contributed by atoms with Gasteiger partial charge in [-0.15, -0.1) is 0 Å². The summed E-state index contributed by atoms with van der Waals surface area (Å²) in [5.74, 6) is -1.57. The summed E-state index contributed by atoms with van der Waals surface area (Å²) < 4.78 is 26.9. The Morgan fingerprint density at radius 1 is 1.14 bits per heavy atom. The lowest BCUT2D eigenvalue weighted by molar-refractivity contribution is -0.124. The van der Waals surface area contributed by atoms with Crippen LogP contribution in [0, 0.1) is 0 Å². The Balaban J connectivity index is 1.68. The maximum absolute atomic E-state index is 12.9. The van der Waals surface area contributed by atoms with Crippen LogP contribution < -0.4 is 5.43 Å². The van der Waals surface area contributed by atoms with Crippen LogP contribution in [0.4, 0.5) is 0 Å². The van der Waals surface area contributed by atoms with E-state index in [2.05, 4.69) is 10.5 Å². The Bertz CT molecular complexity index is 1040. The Morgan fingerprint density at radius 3 is 2.41 bits per heavy atom. The fraction of sp³-hybridized carbons (Fsp3) is 0.211. The van der Waals surface area contributed by atoms with Gasteiger partial charge in [0.2, 0.25) is 10.0 Å². The van der Waals surface area contributed by atoms with Crippen LogP contribution in [-0.2, 0) is 14.8 Å². The minimum atomic E-state index is -3.83. The minimum absolute atomic E-state index is 0.0728. The third-order valence-corrected chi connectivity index (χ3v) is 6.65. The fourth-order valence-corrected chi connectivity index (χ4v) is 4.77. The summed E-state index contributed by atoms with van der Waals surface area (Å²) in [6.07, 6.45) is 2.31. The van der Waals surface area contributed by atoms with E-state index in [1.54, 1.807) is 12.1 Å². The number of aromatic carboxylic acids is 1. The SMILES string of the molecule is O=C(O)c1ccc(C=NNC(=O)C2CCCN2S(=O)(=O)c2ccc(Cl)cc2)cc1. The monoisotopic (exact) mass is 435 g/mol. The third-order valence-electron chi connectivity index (χ3n) is 4.47. The third kappa shape index (κ3) is 4.81. The van der Waals surface area contributed by atoms with E-state index in [4.69, 9.17) is 16.7 Å². The summed E-state index contributed by atoms with van der Waals surface area (Å²) in [7, 11) is -3.83. The molecule has 8 nitrogen and oxygen atoms in total. The summed E-state index contributed by atoms with van der Waals surface area (Å²) in [5, 5.41) is 13.2. The highest BCUT2D eigenvalue weighted by Crippen LogP contribution is 2.27. The van der Waals surface area contributed by atoms with Crippen molar-refractivity contribution in [2.75, 3.05) is 6.54 Å². The number of benzene rings is 2. The Labute approximate surface area is 172 Å². The van der Waals surface area contributed by atoms with Gasteiger partial charge in [0.1, 0.15) is 6.04 Å². The fourth-order valence-electron chi connectivity index (χ4n) is 2.99. The number of halogens is 1. The zero-order valence-corrected chi connectivity index (χ0v) is 16.7. The van der Waals surface area contributed by atoms with Gasteiger partial charge in [-0.1, -0.05) is 23.7 Å². The largest absolute Gasteiger partial charge is 0.478 e. The Kier molecular flexibility index (Phi) is 6.31. The van der Waals surface area contributed by atoms with Crippen molar-refractivity contribution in [3.63, 3.8) is 0 Å². The molecule has 0 spiro atoms. The number of sulfonamides is 1. The normalized spacial score (nSPS) is 17.5. The summed E-state index contributed by atoms with van der Waals surface area (Å²) in [6.45, 7) is 0.239. The lowest BCUT2D eigenvalue weighted by Crippen LogP contribution is -2.44. The van der Waals surface area contributed by atoms with Crippen LogP contribution in [0.25, 0.3) is 0 Å². The van der Waals surface area contributed by atoms with Crippen molar-refractivity contribution in [1.82, 2.24) is 9.73 Å². The summed E-state index contributed by atoms with van der Waals surface area (Å²) in [5.41, 5.74) is 3.09. The second-order valence-electron chi connectivity index (χ2n) is 6.39. The number of nitrogens with one attached hydrogen (secondary N) is 1. The molecule has 1 aliphatic heterocycles. The maximum atomic E-state index is 12.9. The van der Waals surface area contributed by atoms with Gasteiger partial charge in [-0.25, -0.2) is 18.6 Å².